The van der Waals surface area contributed by atoms with Gasteiger partial charge in [-0.15, -0.1) is 0 Å². The number of nitrogens with one attached hydrogen (secondary N) is 1. The molecule has 1 aliphatic carbocycles. The Hall–Kier alpha value is -1.10. The first-order valence-corrected chi connectivity index (χ1v) is 7.47. The van der Waals surface area contributed by atoms with Gasteiger partial charge in [0.15, 0.2) is 0 Å². The number of anilines is 1. The van der Waals surface area contributed by atoms with E-state index >= 15 is 0 Å². The molecular weight excluding hydrogens is 308 g/mol. The van der Waals surface area contributed by atoms with Gasteiger partial charge in [0.25, 0.3) is 5.69 Å². The highest BCUT2D eigenvalue weighted by molar-refractivity contribution is 9.10. The van der Waals surface area contributed by atoms with E-state index in [1.165, 1.54) is 12.8 Å². The monoisotopic (exact) mass is 326 g/mol. The van der Waals surface area contributed by atoms with Gasteiger partial charge in [0.05, 0.1) is 9.40 Å². The van der Waals surface area contributed by atoms with Gasteiger partial charge in [0, 0.05) is 17.8 Å². The van der Waals surface area contributed by atoms with Gasteiger partial charge < -0.3 is 5.32 Å². The molecule has 0 saturated heterocycles. The van der Waals surface area contributed by atoms with Crippen LogP contribution >= 0.6 is 15.9 Å². The van der Waals surface area contributed by atoms with E-state index in [1.54, 1.807) is 12.1 Å². The third-order valence-corrected chi connectivity index (χ3v) is 4.62. The molecule has 0 aromatic heterocycles. The maximum Gasteiger partial charge on any atom is 0.285 e. The Labute approximate surface area is 121 Å². The van der Waals surface area contributed by atoms with Gasteiger partial charge in [-0.2, -0.15) is 0 Å². The molecule has 1 aromatic carbocycles. The van der Waals surface area contributed by atoms with Gasteiger partial charge in [-0.25, -0.2) is 0 Å². The van der Waals surface area contributed by atoms with Crippen molar-refractivity contribution in [1.29, 1.82) is 0 Å². The first-order chi connectivity index (χ1) is 8.97. The summed E-state index contributed by atoms with van der Waals surface area (Å²) in [6.45, 7) is 4.52. The molecule has 0 aliphatic heterocycles. The van der Waals surface area contributed by atoms with Gasteiger partial charge in [0.2, 0.25) is 0 Å². The van der Waals surface area contributed by atoms with E-state index in [2.05, 4.69) is 35.1 Å². The molecule has 0 spiro atoms. The molecule has 4 nitrogen and oxygen atoms in total. The lowest BCUT2D eigenvalue weighted by Crippen LogP contribution is -2.33. The molecule has 0 bridgehead atoms. The predicted octanol–water partition coefficient (Wildman–Crippen LogP) is 4.59. The average molecular weight is 327 g/mol. The van der Waals surface area contributed by atoms with E-state index in [1.807, 2.05) is 6.07 Å². The summed E-state index contributed by atoms with van der Waals surface area (Å²) in [6.07, 6.45) is 3.63. The molecule has 1 aromatic rings. The molecule has 0 amide bonds. The minimum absolute atomic E-state index is 0.113. The van der Waals surface area contributed by atoms with Gasteiger partial charge in [-0.1, -0.05) is 20.3 Å². The zero-order chi connectivity index (χ0) is 14.0. The Balaban J connectivity index is 2.14. The molecule has 1 saturated carbocycles. The molecule has 0 radical (unpaired) electrons. The van der Waals surface area contributed by atoms with Crippen molar-refractivity contribution in [1.82, 2.24) is 0 Å². The zero-order valence-electron chi connectivity index (χ0n) is 11.2. The molecule has 1 N–H and O–H groups in total. The summed E-state index contributed by atoms with van der Waals surface area (Å²) in [7, 11) is 0. The van der Waals surface area contributed by atoms with Gasteiger partial charge in [-0.3, -0.25) is 10.1 Å². The molecule has 104 valence electrons. The van der Waals surface area contributed by atoms with Crippen LogP contribution in [-0.2, 0) is 0 Å². The topological polar surface area (TPSA) is 55.2 Å². The average Bonchev–Trinajstić information content (AvgIpc) is 2.36. The number of halogens is 1. The SMILES string of the molecule is CC1CCC(C)C(Nc2ccc(Br)c([N+](=O)[O-])c2)C1. The van der Waals surface area contributed by atoms with Gasteiger partial charge in [-0.05, 0) is 52.7 Å². The standard InChI is InChI=1S/C14H19BrN2O2/c1-9-3-4-10(2)13(7-9)16-11-5-6-12(15)14(8-11)17(18)19/h5-6,8-10,13,16H,3-4,7H2,1-2H3. The van der Waals surface area contributed by atoms with Crippen LogP contribution in [-0.4, -0.2) is 11.0 Å². The summed E-state index contributed by atoms with van der Waals surface area (Å²) in [5, 5.41) is 14.4. The first-order valence-electron chi connectivity index (χ1n) is 6.68. The van der Waals surface area contributed by atoms with Crippen LogP contribution < -0.4 is 5.32 Å². The second kappa shape index (κ2) is 5.90. The highest BCUT2D eigenvalue weighted by atomic mass is 79.9. The Morgan fingerprint density at radius 2 is 2.11 bits per heavy atom. The minimum atomic E-state index is -0.359. The summed E-state index contributed by atoms with van der Waals surface area (Å²) in [5.41, 5.74) is 0.947. The van der Waals surface area contributed by atoms with E-state index in [-0.39, 0.29) is 10.6 Å². The Morgan fingerprint density at radius 1 is 1.37 bits per heavy atom. The maximum atomic E-state index is 10.9. The third kappa shape index (κ3) is 3.47. The Bertz CT molecular complexity index is 479. The number of nitro groups is 1. The van der Waals surface area contributed by atoms with Gasteiger partial charge >= 0.3 is 0 Å². The highest BCUT2D eigenvalue weighted by Gasteiger charge is 2.25. The summed E-state index contributed by atoms with van der Waals surface area (Å²) in [5.74, 6) is 1.33. The fourth-order valence-electron chi connectivity index (χ4n) is 2.69. The summed E-state index contributed by atoms with van der Waals surface area (Å²) < 4.78 is 0.521. The normalized spacial score (nSPS) is 27.0. The van der Waals surface area contributed by atoms with E-state index in [0.29, 0.717) is 16.4 Å². The quantitative estimate of drug-likeness (QED) is 0.652. The highest BCUT2D eigenvalue weighted by Crippen LogP contribution is 2.33. The van der Waals surface area contributed by atoms with E-state index < -0.39 is 0 Å². The number of benzene rings is 1. The third-order valence-electron chi connectivity index (χ3n) is 3.95. The smallest absolute Gasteiger partial charge is 0.285 e. The summed E-state index contributed by atoms with van der Waals surface area (Å²) in [4.78, 5) is 10.6. The van der Waals surface area contributed by atoms with Crippen molar-refractivity contribution in [3.05, 3.63) is 32.8 Å². The molecule has 5 heteroatoms. The lowest BCUT2D eigenvalue weighted by atomic mass is 9.80. The zero-order valence-corrected chi connectivity index (χ0v) is 12.8. The van der Waals surface area contributed by atoms with Crippen LogP contribution in [0, 0.1) is 22.0 Å². The predicted molar refractivity (Wildman–Crippen MR) is 80.4 cm³/mol. The van der Waals surface area contributed by atoms with Crippen molar-refractivity contribution >= 4 is 27.3 Å². The van der Waals surface area contributed by atoms with Crippen LogP contribution in [0.4, 0.5) is 11.4 Å². The van der Waals surface area contributed by atoms with Crippen LogP contribution in [0.3, 0.4) is 0 Å². The minimum Gasteiger partial charge on any atom is -0.382 e. The first kappa shape index (κ1) is 14.3. The molecule has 1 fully saturated rings. The van der Waals surface area contributed by atoms with Crippen LogP contribution in [0.25, 0.3) is 0 Å². The molecule has 0 heterocycles. The van der Waals surface area contributed by atoms with Crippen LogP contribution in [0.5, 0.6) is 0 Å². The number of hydrogen-bond donors (Lipinski definition) is 1. The van der Waals surface area contributed by atoms with Crippen molar-refractivity contribution in [3.8, 4) is 0 Å². The molecule has 2 rings (SSSR count). The molecule has 1 aliphatic rings. The Kier molecular flexibility index (Phi) is 4.45. The summed E-state index contributed by atoms with van der Waals surface area (Å²) in [6, 6.07) is 5.64. The number of hydrogen-bond acceptors (Lipinski definition) is 3. The van der Waals surface area contributed by atoms with Crippen molar-refractivity contribution < 1.29 is 4.92 Å². The second-order valence-electron chi connectivity index (χ2n) is 5.57. The van der Waals surface area contributed by atoms with Crippen molar-refractivity contribution in [3.63, 3.8) is 0 Å². The van der Waals surface area contributed by atoms with Crippen molar-refractivity contribution in [2.45, 2.75) is 39.2 Å². The van der Waals surface area contributed by atoms with Crippen LogP contribution in [0.15, 0.2) is 22.7 Å². The molecule has 3 unspecified atom stereocenters. The van der Waals surface area contributed by atoms with Crippen molar-refractivity contribution in [2.24, 2.45) is 11.8 Å². The van der Waals surface area contributed by atoms with Gasteiger partial charge in [0.1, 0.15) is 0 Å². The number of rotatable bonds is 3. The van der Waals surface area contributed by atoms with E-state index in [0.717, 1.165) is 18.0 Å². The largest absolute Gasteiger partial charge is 0.382 e. The summed E-state index contributed by atoms with van der Waals surface area (Å²) >= 11 is 3.21. The van der Waals surface area contributed by atoms with E-state index in [9.17, 15) is 10.1 Å². The number of nitrogens with zero attached hydrogens (tertiary/aromatic N) is 1. The fraction of sp³-hybridized carbons (Fsp3) is 0.571. The fourth-order valence-corrected chi connectivity index (χ4v) is 3.08. The molecule has 19 heavy (non-hydrogen) atoms. The maximum absolute atomic E-state index is 10.9. The number of nitro benzene ring substituents is 1. The molecule has 3 atom stereocenters. The molecular formula is C14H19BrN2O2. The van der Waals surface area contributed by atoms with Crippen LogP contribution in [0.2, 0.25) is 0 Å². The van der Waals surface area contributed by atoms with E-state index in [4.69, 9.17) is 0 Å². The lowest BCUT2D eigenvalue weighted by Gasteiger charge is -2.34. The van der Waals surface area contributed by atoms with Crippen molar-refractivity contribution in [2.75, 3.05) is 5.32 Å². The second-order valence-corrected chi connectivity index (χ2v) is 6.42. The Morgan fingerprint density at radius 3 is 2.79 bits per heavy atom. The van der Waals surface area contributed by atoms with Crippen LogP contribution in [0.1, 0.15) is 33.1 Å². The lowest BCUT2D eigenvalue weighted by molar-refractivity contribution is -0.385.